The van der Waals surface area contributed by atoms with Crippen LogP contribution in [0.15, 0.2) is 22.7 Å². The number of ether oxygens (including phenoxy) is 1. The van der Waals surface area contributed by atoms with Crippen LogP contribution in [0.1, 0.15) is 6.42 Å². The molecule has 0 spiro atoms. The Labute approximate surface area is 107 Å². The van der Waals surface area contributed by atoms with Crippen molar-refractivity contribution in [2.45, 2.75) is 6.42 Å². The summed E-state index contributed by atoms with van der Waals surface area (Å²) in [5, 5.41) is 2.68. The monoisotopic (exact) mass is 302 g/mol. The van der Waals surface area contributed by atoms with Crippen molar-refractivity contribution in [2.24, 2.45) is 5.73 Å². The van der Waals surface area contributed by atoms with Crippen LogP contribution in [0.25, 0.3) is 0 Å². The van der Waals surface area contributed by atoms with Crippen LogP contribution in [0.2, 0.25) is 0 Å². The third-order valence-electron chi connectivity index (χ3n) is 1.78. The fraction of sp³-hybridized carbons (Fsp3) is 0.200. The number of hydrogen-bond donors (Lipinski definition) is 2. The Kier molecular flexibility index (Phi) is 4.70. The normalized spacial score (nSPS) is 9.62. The molecule has 0 unspecified atom stereocenters. The van der Waals surface area contributed by atoms with Crippen LogP contribution in [0.3, 0.4) is 0 Å². The summed E-state index contributed by atoms with van der Waals surface area (Å²) >= 11 is 7.97. The summed E-state index contributed by atoms with van der Waals surface area (Å²) in [6, 6.07) is 5.28. The highest BCUT2D eigenvalue weighted by Gasteiger charge is 2.07. The standard InChI is InChI=1S/C10H11BrN2O2S/c1-15-6-2-3-7(11)8(4-6)13-10(14)5-9(12)16/h2-4H,5H2,1H3,(H2,12,16)(H,13,14). The largest absolute Gasteiger partial charge is 0.497 e. The van der Waals surface area contributed by atoms with E-state index in [1.165, 1.54) is 0 Å². The highest BCUT2D eigenvalue weighted by atomic mass is 79.9. The zero-order valence-electron chi connectivity index (χ0n) is 8.62. The Hall–Kier alpha value is -1.14. The molecule has 16 heavy (non-hydrogen) atoms. The predicted molar refractivity (Wildman–Crippen MR) is 70.7 cm³/mol. The van der Waals surface area contributed by atoms with Crippen molar-refractivity contribution in [2.75, 3.05) is 12.4 Å². The summed E-state index contributed by atoms with van der Waals surface area (Å²) < 4.78 is 5.82. The lowest BCUT2D eigenvalue weighted by atomic mass is 10.3. The summed E-state index contributed by atoms with van der Waals surface area (Å²) in [6.07, 6.45) is 0.0268. The molecular weight excluding hydrogens is 292 g/mol. The van der Waals surface area contributed by atoms with Crippen molar-refractivity contribution in [3.8, 4) is 5.75 Å². The fourth-order valence-electron chi connectivity index (χ4n) is 1.08. The molecule has 0 bridgehead atoms. The van der Waals surface area contributed by atoms with Gasteiger partial charge < -0.3 is 15.8 Å². The van der Waals surface area contributed by atoms with E-state index in [9.17, 15) is 4.79 Å². The minimum Gasteiger partial charge on any atom is -0.497 e. The van der Waals surface area contributed by atoms with Crippen molar-refractivity contribution in [3.63, 3.8) is 0 Å². The van der Waals surface area contributed by atoms with Gasteiger partial charge in [-0.15, -0.1) is 0 Å². The number of thiocarbonyl (C=S) groups is 1. The fourth-order valence-corrected chi connectivity index (χ4v) is 1.56. The quantitative estimate of drug-likeness (QED) is 0.836. The molecule has 0 aliphatic heterocycles. The van der Waals surface area contributed by atoms with Gasteiger partial charge in [0.25, 0.3) is 0 Å². The molecule has 0 aliphatic rings. The Morgan fingerprint density at radius 2 is 2.31 bits per heavy atom. The number of rotatable bonds is 4. The van der Waals surface area contributed by atoms with Gasteiger partial charge in [0.05, 0.1) is 24.2 Å². The number of benzene rings is 1. The number of carbonyl (C=O) groups is 1. The molecule has 4 nitrogen and oxygen atoms in total. The second-order valence-corrected chi connectivity index (χ2v) is 4.42. The van der Waals surface area contributed by atoms with Gasteiger partial charge in [-0.1, -0.05) is 12.2 Å². The van der Waals surface area contributed by atoms with Crippen LogP contribution in [0.5, 0.6) is 5.75 Å². The minimum absolute atomic E-state index is 0.0268. The average molecular weight is 303 g/mol. The number of halogens is 1. The van der Waals surface area contributed by atoms with Gasteiger partial charge in [0.1, 0.15) is 5.75 Å². The molecule has 1 aromatic rings. The number of anilines is 1. The van der Waals surface area contributed by atoms with Crippen molar-refractivity contribution in [1.29, 1.82) is 0 Å². The lowest BCUT2D eigenvalue weighted by Crippen LogP contribution is -2.20. The Balaban J connectivity index is 2.79. The van der Waals surface area contributed by atoms with Crippen molar-refractivity contribution in [3.05, 3.63) is 22.7 Å². The van der Waals surface area contributed by atoms with Gasteiger partial charge >= 0.3 is 0 Å². The lowest BCUT2D eigenvalue weighted by Gasteiger charge is -2.08. The van der Waals surface area contributed by atoms with E-state index in [0.717, 1.165) is 4.47 Å². The van der Waals surface area contributed by atoms with Crippen molar-refractivity contribution in [1.82, 2.24) is 0 Å². The number of nitrogens with two attached hydrogens (primary N) is 1. The first-order valence-electron chi connectivity index (χ1n) is 4.44. The third-order valence-corrected chi connectivity index (χ3v) is 2.62. The van der Waals surface area contributed by atoms with E-state index in [2.05, 4.69) is 33.5 Å². The van der Waals surface area contributed by atoms with E-state index in [1.54, 1.807) is 25.3 Å². The second-order valence-electron chi connectivity index (χ2n) is 3.04. The smallest absolute Gasteiger partial charge is 0.231 e. The summed E-state index contributed by atoms with van der Waals surface area (Å²) in [6.45, 7) is 0. The van der Waals surface area contributed by atoms with E-state index >= 15 is 0 Å². The van der Waals surface area contributed by atoms with Crippen LogP contribution in [-0.2, 0) is 4.79 Å². The maximum Gasteiger partial charge on any atom is 0.231 e. The van der Waals surface area contributed by atoms with E-state index in [4.69, 9.17) is 10.5 Å². The van der Waals surface area contributed by atoms with Crippen LogP contribution >= 0.6 is 28.1 Å². The van der Waals surface area contributed by atoms with Gasteiger partial charge in [0.2, 0.25) is 5.91 Å². The van der Waals surface area contributed by atoms with Gasteiger partial charge in [-0.3, -0.25) is 4.79 Å². The van der Waals surface area contributed by atoms with Gasteiger partial charge in [0, 0.05) is 10.5 Å². The molecule has 86 valence electrons. The first-order valence-corrected chi connectivity index (χ1v) is 5.64. The number of amides is 1. The number of carbonyl (C=O) groups excluding carboxylic acids is 1. The van der Waals surface area contributed by atoms with Crippen molar-refractivity contribution >= 4 is 44.7 Å². The molecule has 1 aromatic carbocycles. The van der Waals surface area contributed by atoms with E-state index in [1.807, 2.05) is 0 Å². The van der Waals surface area contributed by atoms with Gasteiger partial charge in [-0.25, -0.2) is 0 Å². The summed E-state index contributed by atoms with van der Waals surface area (Å²) in [5.74, 6) is 0.412. The highest BCUT2D eigenvalue weighted by Crippen LogP contribution is 2.27. The average Bonchev–Trinajstić information content (AvgIpc) is 2.20. The molecule has 0 saturated carbocycles. The molecule has 0 aromatic heterocycles. The van der Waals surface area contributed by atoms with Gasteiger partial charge in [0.15, 0.2) is 0 Å². The van der Waals surface area contributed by atoms with Crippen LogP contribution in [0, 0.1) is 0 Å². The Bertz CT molecular complexity index is 423. The number of hydrogen-bond acceptors (Lipinski definition) is 3. The molecule has 1 rings (SSSR count). The van der Waals surface area contributed by atoms with E-state index in [0.29, 0.717) is 11.4 Å². The first kappa shape index (κ1) is 12.9. The second kappa shape index (κ2) is 5.81. The molecular formula is C10H11BrN2O2S. The summed E-state index contributed by atoms with van der Waals surface area (Å²) in [4.78, 5) is 11.6. The zero-order valence-corrected chi connectivity index (χ0v) is 11.0. The Morgan fingerprint density at radius 1 is 1.62 bits per heavy atom. The molecule has 0 atom stereocenters. The number of nitrogens with one attached hydrogen (secondary N) is 1. The SMILES string of the molecule is COc1ccc(Br)c(NC(=O)CC(N)=S)c1. The van der Waals surface area contributed by atoms with E-state index in [-0.39, 0.29) is 17.3 Å². The topological polar surface area (TPSA) is 64.3 Å². The zero-order chi connectivity index (χ0) is 12.1. The van der Waals surface area contributed by atoms with Crippen LogP contribution < -0.4 is 15.8 Å². The van der Waals surface area contributed by atoms with Gasteiger partial charge in [-0.05, 0) is 28.1 Å². The molecule has 0 aliphatic carbocycles. The summed E-state index contributed by atoms with van der Waals surface area (Å²) in [5.41, 5.74) is 5.90. The molecule has 3 N–H and O–H groups in total. The van der Waals surface area contributed by atoms with Crippen LogP contribution in [0.4, 0.5) is 5.69 Å². The maximum atomic E-state index is 11.4. The molecule has 1 amide bonds. The molecule has 6 heteroatoms. The lowest BCUT2D eigenvalue weighted by molar-refractivity contribution is -0.115. The molecule has 0 heterocycles. The molecule has 0 saturated heterocycles. The molecule has 0 fully saturated rings. The van der Waals surface area contributed by atoms with E-state index < -0.39 is 0 Å². The highest BCUT2D eigenvalue weighted by molar-refractivity contribution is 9.10. The Morgan fingerprint density at radius 3 is 2.88 bits per heavy atom. The maximum absolute atomic E-state index is 11.4. The molecule has 0 radical (unpaired) electrons. The van der Waals surface area contributed by atoms with Crippen molar-refractivity contribution < 1.29 is 9.53 Å². The van der Waals surface area contributed by atoms with Gasteiger partial charge in [-0.2, -0.15) is 0 Å². The minimum atomic E-state index is -0.249. The van der Waals surface area contributed by atoms with Crippen LogP contribution in [-0.4, -0.2) is 18.0 Å². The number of methoxy groups -OCH3 is 1. The summed E-state index contributed by atoms with van der Waals surface area (Å²) in [7, 11) is 1.56. The first-order chi connectivity index (χ1) is 7.52. The third kappa shape index (κ3) is 3.79. The predicted octanol–water partition coefficient (Wildman–Crippen LogP) is 2.07.